The Bertz CT molecular complexity index is 309. The Morgan fingerprint density at radius 2 is 2.50 bits per heavy atom. The fourth-order valence-corrected chi connectivity index (χ4v) is 1.85. The van der Waals surface area contributed by atoms with E-state index in [0.29, 0.717) is 0 Å². The summed E-state index contributed by atoms with van der Waals surface area (Å²) < 4.78 is 1.02. The molecule has 1 rings (SSSR count). The van der Waals surface area contributed by atoms with Gasteiger partial charge in [0.15, 0.2) is 0 Å². The first-order valence-electron chi connectivity index (χ1n) is 3.02. The van der Waals surface area contributed by atoms with Gasteiger partial charge in [0.25, 0.3) is 0 Å². The van der Waals surface area contributed by atoms with Crippen LogP contribution >= 0.6 is 27.3 Å². The Kier molecular flexibility index (Phi) is 3.24. The molecule has 0 saturated heterocycles. The summed E-state index contributed by atoms with van der Waals surface area (Å²) in [6, 6.07) is 3.11. The van der Waals surface area contributed by atoms with Gasteiger partial charge in [-0.15, -0.1) is 11.3 Å². The van der Waals surface area contributed by atoms with Gasteiger partial charge in [-0.2, -0.15) is 5.10 Å². The number of rotatable bonds is 2. The van der Waals surface area contributed by atoms with E-state index in [-0.39, 0.29) is 0 Å². The Balaban J connectivity index is 2.52. The average Bonchev–Trinajstić information content (AvgIpc) is 2.35. The predicted octanol–water partition coefficient (Wildman–Crippen LogP) is 1.51. The first kappa shape index (κ1) is 9.21. The molecule has 6 heteroatoms. The third-order valence-electron chi connectivity index (χ3n) is 0.961. The monoisotopic (exact) mass is 247 g/mol. The SMILES string of the molecule is NC(=O)N/N=C/c1ccc(Br)s1. The van der Waals surface area contributed by atoms with Crippen molar-refractivity contribution < 1.29 is 4.79 Å². The highest BCUT2D eigenvalue weighted by atomic mass is 79.9. The number of primary amides is 1. The van der Waals surface area contributed by atoms with Gasteiger partial charge in [0.2, 0.25) is 0 Å². The molecule has 0 aliphatic rings. The van der Waals surface area contributed by atoms with E-state index >= 15 is 0 Å². The molecule has 0 bridgehead atoms. The van der Waals surface area contributed by atoms with Crippen LogP contribution in [-0.2, 0) is 0 Å². The van der Waals surface area contributed by atoms with Crippen LogP contribution in [0.4, 0.5) is 4.79 Å². The van der Waals surface area contributed by atoms with Crippen molar-refractivity contribution in [3.8, 4) is 0 Å². The molecule has 0 aromatic carbocycles. The van der Waals surface area contributed by atoms with E-state index < -0.39 is 6.03 Å². The summed E-state index contributed by atoms with van der Waals surface area (Å²) in [6.45, 7) is 0. The molecular weight excluding hydrogens is 242 g/mol. The molecule has 2 amide bonds. The largest absolute Gasteiger partial charge is 0.350 e. The summed E-state index contributed by atoms with van der Waals surface area (Å²) in [6.07, 6.45) is 1.53. The molecule has 4 nitrogen and oxygen atoms in total. The molecule has 0 radical (unpaired) electrons. The number of hydrogen-bond donors (Lipinski definition) is 2. The minimum absolute atomic E-state index is 0.665. The molecule has 0 saturated carbocycles. The number of amides is 2. The van der Waals surface area contributed by atoms with Crippen LogP contribution in [0.2, 0.25) is 0 Å². The number of hydrogen-bond acceptors (Lipinski definition) is 3. The number of urea groups is 1. The standard InChI is InChI=1S/C6H6BrN3OS/c7-5-2-1-4(12-5)3-9-10-6(8)11/h1-3H,(H3,8,10,11)/b9-3+. The number of hydrazone groups is 1. The summed E-state index contributed by atoms with van der Waals surface area (Å²) in [5, 5.41) is 3.59. The summed E-state index contributed by atoms with van der Waals surface area (Å²) in [4.78, 5) is 11.1. The topological polar surface area (TPSA) is 67.5 Å². The van der Waals surface area contributed by atoms with Crippen LogP contribution in [0.15, 0.2) is 21.0 Å². The number of nitrogens with zero attached hydrogens (tertiary/aromatic N) is 1. The van der Waals surface area contributed by atoms with Gasteiger partial charge < -0.3 is 5.73 Å². The molecule has 0 aliphatic heterocycles. The van der Waals surface area contributed by atoms with Crippen LogP contribution in [-0.4, -0.2) is 12.2 Å². The van der Waals surface area contributed by atoms with Crippen molar-refractivity contribution in [2.24, 2.45) is 10.8 Å². The van der Waals surface area contributed by atoms with Crippen molar-refractivity contribution in [2.45, 2.75) is 0 Å². The molecule has 0 spiro atoms. The van der Waals surface area contributed by atoms with Crippen molar-refractivity contribution in [1.82, 2.24) is 5.43 Å². The maximum absolute atomic E-state index is 10.2. The quantitative estimate of drug-likeness (QED) is 0.604. The summed E-state index contributed by atoms with van der Waals surface area (Å²) in [5.41, 5.74) is 6.90. The molecule has 0 unspecified atom stereocenters. The Hall–Kier alpha value is -0.880. The molecule has 3 N–H and O–H groups in total. The second kappa shape index (κ2) is 4.22. The van der Waals surface area contributed by atoms with E-state index in [9.17, 15) is 4.79 Å². The van der Waals surface area contributed by atoms with E-state index in [1.807, 2.05) is 12.1 Å². The molecule has 1 aromatic rings. The average molecular weight is 248 g/mol. The van der Waals surface area contributed by atoms with Crippen molar-refractivity contribution in [3.63, 3.8) is 0 Å². The number of nitrogens with one attached hydrogen (secondary N) is 1. The molecule has 12 heavy (non-hydrogen) atoms. The van der Waals surface area contributed by atoms with Gasteiger partial charge in [0.05, 0.1) is 10.0 Å². The van der Waals surface area contributed by atoms with Crippen LogP contribution in [0.3, 0.4) is 0 Å². The van der Waals surface area contributed by atoms with Gasteiger partial charge in [0, 0.05) is 4.88 Å². The molecule has 0 atom stereocenters. The lowest BCUT2D eigenvalue weighted by Crippen LogP contribution is -2.24. The van der Waals surface area contributed by atoms with Crippen molar-refractivity contribution in [2.75, 3.05) is 0 Å². The molecule has 1 heterocycles. The van der Waals surface area contributed by atoms with Gasteiger partial charge in [-0.05, 0) is 28.1 Å². The molecule has 64 valence electrons. The fraction of sp³-hybridized carbons (Fsp3) is 0. The van der Waals surface area contributed by atoms with Crippen LogP contribution in [0.25, 0.3) is 0 Å². The van der Waals surface area contributed by atoms with E-state index in [0.717, 1.165) is 8.66 Å². The van der Waals surface area contributed by atoms with Crippen molar-refractivity contribution in [3.05, 3.63) is 20.8 Å². The van der Waals surface area contributed by atoms with E-state index in [2.05, 4.69) is 26.5 Å². The predicted molar refractivity (Wildman–Crippen MR) is 52.3 cm³/mol. The van der Waals surface area contributed by atoms with E-state index in [1.165, 1.54) is 17.6 Å². The normalized spacial score (nSPS) is 10.4. The van der Waals surface area contributed by atoms with Crippen molar-refractivity contribution >= 4 is 39.5 Å². The second-order valence-corrected chi connectivity index (χ2v) is 4.37. The minimum Gasteiger partial charge on any atom is -0.350 e. The third-order valence-corrected chi connectivity index (χ3v) is 2.52. The number of carbonyl (C=O) groups is 1. The van der Waals surface area contributed by atoms with Gasteiger partial charge in [-0.25, -0.2) is 10.2 Å². The van der Waals surface area contributed by atoms with Crippen LogP contribution < -0.4 is 11.2 Å². The molecule has 0 aliphatic carbocycles. The molecule has 1 aromatic heterocycles. The maximum atomic E-state index is 10.2. The first-order chi connectivity index (χ1) is 5.68. The van der Waals surface area contributed by atoms with E-state index in [1.54, 1.807) is 0 Å². The smallest absolute Gasteiger partial charge is 0.332 e. The molecular formula is C6H6BrN3OS. The number of nitrogens with two attached hydrogens (primary N) is 1. The lowest BCUT2D eigenvalue weighted by molar-refractivity contribution is 0.249. The van der Waals surface area contributed by atoms with Gasteiger partial charge in [0.1, 0.15) is 0 Å². The zero-order chi connectivity index (χ0) is 8.97. The van der Waals surface area contributed by atoms with Crippen LogP contribution in [0.1, 0.15) is 4.88 Å². The molecule has 0 fully saturated rings. The zero-order valence-electron chi connectivity index (χ0n) is 5.95. The maximum Gasteiger partial charge on any atom is 0.332 e. The summed E-state index contributed by atoms with van der Waals surface area (Å²) in [5.74, 6) is 0. The fourth-order valence-electron chi connectivity index (χ4n) is 0.557. The highest BCUT2D eigenvalue weighted by Gasteiger charge is 1.92. The highest BCUT2D eigenvalue weighted by molar-refractivity contribution is 9.11. The minimum atomic E-state index is -0.665. The second-order valence-electron chi connectivity index (χ2n) is 1.88. The van der Waals surface area contributed by atoms with Gasteiger partial charge >= 0.3 is 6.03 Å². The number of halogens is 1. The first-order valence-corrected chi connectivity index (χ1v) is 4.63. The van der Waals surface area contributed by atoms with Gasteiger partial charge in [-0.1, -0.05) is 0 Å². The number of carbonyl (C=O) groups excluding carboxylic acids is 1. The van der Waals surface area contributed by atoms with E-state index in [4.69, 9.17) is 5.73 Å². The number of thiophene rings is 1. The van der Waals surface area contributed by atoms with Crippen LogP contribution in [0.5, 0.6) is 0 Å². The zero-order valence-corrected chi connectivity index (χ0v) is 8.35. The Morgan fingerprint density at radius 3 is 3.00 bits per heavy atom. The third kappa shape index (κ3) is 3.02. The van der Waals surface area contributed by atoms with Gasteiger partial charge in [-0.3, -0.25) is 0 Å². The Labute approximate surface area is 81.6 Å². The lowest BCUT2D eigenvalue weighted by atomic mass is 10.5. The summed E-state index contributed by atoms with van der Waals surface area (Å²) >= 11 is 4.81. The summed E-state index contributed by atoms with van der Waals surface area (Å²) in [7, 11) is 0. The van der Waals surface area contributed by atoms with Crippen molar-refractivity contribution in [1.29, 1.82) is 0 Å². The van der Waals surface area contributed by atoms with Crippen LogP contribution in [0, 0.1) is 0 Å². The lowest BCUT2D eigenvalue weighted by Gasteiger charge is -1.88. The Morgan fingerprint density at radius 1 is 1.75 bits per heavy atom. The highest BCUT2D eigenvalue weighted by Crippen LogP contribution is 2.20.